The molecule has 0 aromatic carbocycles. The van der Waals surface area contributed by atoms with Crippen LogP contribution < -0.4 is 0 Å². The van der Waals surface area contributed by atoms with Crippen molar-refractivity contribution >= 4 is 11.6 Å². The van der Waals surface area contributed by atoms with Gasteiger partial charge in [0, 0.05) is 23.7 Å². The predicted molar refractivity (Wildman–Crippen MR) is 277 cm³/mol. The maximum atomic E-state index is 12.0. The summed E-state index contributed by atoms with van der Waals surface area (Å²) >= 11 is 0. The number of rotatable bonds is 2. The fraction of sp³-hybridized carbons (Fsp3) is 0.763. The molecule has 12 rings (SSSR count). The molecule has 0 N–H and O–H groups in total. The highest BCUT2D eigenvalue weighted by atomic mass is 16.5. The van der Waals surface area contributed by atoms with Gasteiger partial charge in [-0.05, 0) is 159 Å². The lowest BCUT2D eigenvalue weighted by Gasteiger charge is -2.59. The van der Waals surface area contributed by atoms with E-state index in [0.29, 0.717) is 46.1 Å². The van der Waals surface area contributed by atoms with Crippen LogP contribution in [0.1, 0.15) is 173 Å². The smallest absolute Gasteiger partial charge is 0.155 e. The number of hydrogen-bond acceptors (Lipinski definition) is 4. The number of fused-ring (bicyclic) bond motifs is 18. The van der Waals surface area contributed by atoms with Crippen LogP contribution in [0.4, 0.5) is 0 Å². The summed E-state index contributed by atoms with van der Waals surface area (Å²) in [6.45, 7) is 15.2. The molecule has 0 aromatic heterocycles. The number of ether oxygens (including phenoxy) is 2. The lowest BCUT2D eigenvalue weighted by Crippen LogP contribution is -2.56. The van der Waals surface area contributed by atoms with Gasteiger partial charge in [-0.1, -0.05) is 143 Å². The second kappa shape index (κ2) is 20.7. The third-order valence-electron chi connectivity index (χ3n) is 19.0. The predicted octanol–water partition coefficient (Wildman–Crippen LogP) is 16.4. The second-order valence-electron chi connectivity index (χ2n) is 20.3. The summed E-state index contributed by atoms with van der Waals surface area (Å²) in [7, 11) is 0. The topological polar surface area (TPSA) is 52.6 Å². The van der Waals surface area contributed by atoms with Crippen LogP contribution in [-0.2, 0) is 19.1 Å². The molecule has 0 amide bonds. The van der Waals surface area contributed by atoms with Crippen LogP contribution in [-0.4, -0.2) is 36.0 Å². The van der Waals surface area contributed by atoms with Gasteiger partial charge in [0.05, 0.1) is 24.4 Å². The Labute approximate surface area is 392 Å². The molecule has 18 atom stereocenters. The maximum absolute atomic E-state index is 12.0. The molecule has 2 heterocycles. The molecule has 10 aliphatic carbocycles. The molecule has 364 valence electrons. The fourth-order valence-corrected chi connectivity index (χ4v) is 17.1. The Morgan fingerprint density at radius 2 is 0.921 bits per heavy atom. The Kier molecular flexibility index (Phi) is 19.9. The lowest BCUT2D eigenvalue weighted by atomic mass is 9.47. The average Bonchev–Trinajstić information content (AvgIpc) is 3.93. The molecule has 0 saturated heterocycles. The van der Waals surface area contributed by atoms with Gasteiger partial charge in [-0.2, -0.15) is 0 Å². The summed E-state index contributed by atoms with van der Waals surface area (Å²) in [5.74, 6) is 10.9. The Morgan fingerprint density at radius 1 is 0.556 bits per heavy atom. The maximum Gasteiger partial charge on any atom is 0.155 e. The molecule has 63 heavy (non-hydrogen) atoms. The zero-order chi connectivity index (χ0) is 35.4. The zero-order valence-corrected chi connectivity index (χ0v) is 31.6. The van der Waals surface area contributed by atoms with Crippen molar-refractivity contribution in [3.63, 3.8) is 0 Å². The normalized spacial score (nSPS) is 46.6. The molecule has 0 aromatic rings. The standard InChI is InChI=1S/2C24H30O2.11CH4/c2*1-3-14-11-15-12-16(25)5-6-17(15)18-7-9-23(2)22(21(14)18)19-13-20(19)24(23)8-4-10-26-24;;;;;;;;;;;/h2*3-4,8,12,14,17-22H,1,5-7,9-11,13H2,2H3;11*1H4/t14-,17+,18-,19+,20-,21-,22+,23+,24+;14-,17-,18+,19-,20+,21+,22-,23-,24-;;;;;;;;;;;/m10.........../s1. The number of ketones is 2. The van der Waals surface area contributed by atoms with E-state index in [0.717, 1.165) is 111 Å². The molecular formula is C59H104O4. The van der Waals surface area contributed by atoms with E-state index in [-0.39, 0.29) is 92.9 Å². The summed E-state index contributed by atoms with van der Waals surface area (Å²) in [6.07, 6.45) is 31.7. The van der Waals surface area contributed by atoms with Crippen LogP contribution in [0.5, 0.6) is 0 Å². The van der Waals surface area contributed by atoms with E-state index in [9.17, 15) is 9.59 Å². The van der Waals surface area contributed by atoms with Gasteiger partial charge in [-0.15, -0.1) is 13.2 Å². The molecular weight excluding hydrogens is 773 g/mol. The van der Waals surface area contributed by atoms with Crippen LogP contribution in [0.15, 0.2) is 72.9 Å². The molecule has 12 aliphatic rings. The van der Waals surface area contributed by atoms with Crippen LogP contribution in [0.25, 0.3) is 0 Å². The van der Waals surface area contributed by atoms with Crippen LogP contribution >= 0.6 is 0 Å². The average molecular weight is 877 g/mol. The van der Waals surface area contributed by atoms with Crippen molar-refractivity contribution in [1.82, 2.24) is 0 Å². The summed E-state index contributed by atoms with van der Waals surface area (Å²) in [6, 6.07) is 0. The van der Waals surface area contributed by atoms with Crippen molar-refractivity contribution < 1.29 is 19.1 Å². The number of carbonyl (C=O) groups is 2. The summed E-state index contributed by atoms with van der Waals surface area (Å²) < 4.78 is 13.0. The Bertz CT molecular complexity index is 1620. The first-order valence-corrected chi connectivity index (χ1v) is 21.5. The van der Waals surface area contributed by atoms with Gasteiger partial charge in [-0.3, -0.25) is 9.59 Å². The van der Waals surface area contributed by atoms with Gasteiger partial charge < -0.3 is 9.47 Å². The second-order valence-corrected chi connectivity index (χ2v) is 20.3. The SMILES string of the molecule is C.C.C.C.C.C.C.C.C.C.C.C=C[C@@H]1CC2=CC(=O)CC[C@@H]2[C@H]2CC[C@@]3(C)[C@@H]([C@H]4C[C@H]4[C@@]34C=CCO4)[C@@H]21.C=C[C@H]1CC2=CC(=O)CC[C@@H]2[C@H]2CC[C@@]3(C)[C@@H]([C@H]4C[C@H]4[C@@]34C=CCO4)[C@@H]21. The van der Waals surface area contributed by atoms with E-state index < -0.39 is 0 Å². The van der Waals surface area contributed by atoms with Gasteiger partial charge in [0.1, 0.15) is 0 Å². The monoisotopic (exact) mass is 877 g/mol. The highest BCUT2D eigenvalue weighted by molar-refractivity contribution is 5.91. The van der Waals surface area contributed by atoms with Crippen LogP contribution in [0, 0.1) is 93.7 Å². The summed E-state index contributed by atoms with van der Waals surface area (Å²) in [4.78, 5) is 24.0. The van der Waals surface area contributed by atoms with Crippen molar-refractivity contribution in [2.75, 3.05) is 13.2 Å². The molecule has 0 radical (unpaired) electrons. The van der Waals surface area contributed by atoms with E-state index in [1.165, 1.54) is 49.7 Å². The molecule has 0 unspecified atom stereocenters. The highest BCUT2D eigenvalue weighted by Crippen LogP contribution is 2.79. The number of carbonyl (C=O) groups excluding carboxylic acids is 2. The van der Waals surface area contributed by atoms with E-state index in [1.807, 2.05) is 12.2 Å². The number of allylic oxidation sites excluding steroid dienone is 4. The zero-order valence-electron chi connectivity index (χ0n) is 31.6. The Morgan fingerprint density at radius 3 is 1.24 bits per heavy atom. The molecule has 0 bridgehead atoms. The van der Waals surface area contributed by atoms with Crippen molar-refractivity contribution in [2.24, 2.45) is 93.7 Å². The molecule has 2 aliphatic heterocycles. The van der Waals surface area contributed by atoms with E-state index in [4.69, 9.17) is 9.47 Å². The summed E-state index contributed by atoms with van der Waals surface area (Å²) in [5, 5.41) is 0. The van der Waals surface area contributed by atoms with Crippen molar-refractivity contribution in [2.45, 2.75) is 184 Å². The quantitative estimate of drug-likeness (QED) is 0.259. The summed E-state index contributed by atoms with van der Waals surface area (Å²) in [5.41, 5.74) is 3.54. The minimum absolute atomic E-state index is 0. The number of hydrogen-bond donors (Lipinski definition) is 0. The highest BCUT2D eigenvalue weighted by Gasteiger charge is 2.78. The third kappa shape index (κ3) is 7.79. The van der Waals surface area contributed by atoms with E-state index >= 15 is 0 Å². The lowest BCUT2D eigenvalue weighted by molar-refractivity contribution is -0.138. The van der Waals surface area contributed by atoms with Gasteiger partial charge in [0.15, 0.2) is 11.6 Å². The first-order valence-electron chi connectivity index (χ1n) is 21.5. The van der Waals surface area contributed by atoms with Crippen LogP contribution in [0.2, 0.25) is 0 Å². The Hall–Kier alpha value is -2.30. The van der Waals surface area contributed by atoms with E-state index in [2.05, 4.69) is 63.5 Å². The van der Waals surface area contributed by atoms with Crippen molar-refractivity contribution in [3.05, 3.63) is 72.9 Å². The van der Waals surface area contributed by atoms with Crippen molar-refractivity contribution in [1.29, 1.82) is 0 Å². The van der Waals surface area contributed by atoms with Crippen LogP contribution in [0.3, 0.4) is 0 Å². The van der Waals surface area contributed by atoms with Gasteiger partial charge in [-0.25, -0.2) is 0 Å². The molecule has 8 fully saturated rings. The largest absolute Gasteiger partial charge is 0.366 e. The fourth-order valence-electron chi connectivity index (χ4n) is 17.1. The third-order valence-corrected chi connectivity index (χ3v) is 19.0. The molecule has 4 heteroatoms. The van der Waals surface area contributed by atoms with Crippen molar-refractivity contribution in [3.8, 4) is 0 Å². The van der Waals surface area contributed by atoms with Gasteiger partial charge in [0.25, 0.3) is 0 Å². The molecule has 4 nitrogen and oxygen atoms in total. The van der Waals surface area contributed by atoms with E-state index in [1.54, 1.807) is 0 Å². The molecule has 8 saturated carbocycles. The van der Waals surface area contributed by atoms with Gasteiger partial charge >= 0.3 is 0 Å². The minimum atomic E-state index is 0. The Balaban J connectivity index is 0.00000104. The molecule has 2 spiro atoms. The first kappa shape index (κ1) is 60.7. The minimum Gasteiger partial charge on any atom is -0.366 e. The first-order chi connectivity index (χ1) is 25.2. The van der Waals surface area contributed by atoms with Gasteiger partial charge in [0.2, 0.25) is 0 Å².